The molecule has 8 nitrogen and oxygen atoms in total. The number of piperazine rings is 1. The molecule has 0 spiro atoms. The Bertz CT molecular complexity index is 1060. The molecule has 3 aromatic rings. The number of hydrogen-bond donors (Lipinski definition) is 2. The minimum atomic E-state index is -0.256. The quantitative estimate of drug-likeness (QED) is 0.621. The van der Waals surface area contributed by atoms with Crippen LogP contribution in [-0.4, -0.2) is 64.9 Å². The predicted octanol–water partition coefficient (Wildman–Crippen LogP) is 1.09. The van der Waals surface area contributed by atoms with Gasteiger partial charge in [0.15, 0.2) is 0 Å². The molecule has 1 aromatic carbocycles. The lowest BCUT2D eigenvalue weighted by Gasteiger charge is -2.33. The first kappa shape index (κ1) is 18.4. The first-order valence-electron chi connectivity index (χ1n) is 9.37. The van der Waals surface area contributed by atoms with Gasteiger partial charge in [-0.3, -0.25) is 19.4 Å². The third-order valence-corrected chi connectivity index (χ3v) is 4.93. The van der Waals surface area contributed by atoms with Crippen molar-refractivity contribution in [3.8, 4) is 0 Å². The maximum atomic E-state index is 12.4. The van der Waals surface area contributed by atoms with E-state index in [4.69, 9.17) is 4.42 Å². The highest BCUT2D eigenvalue weighted by atomic mass is 16.3. The molecule has 1 fully saturated rings. The number of fused-ring (bicyclic) bond motifs is 3. The van der Waals surface area contributed by atoms with Gasteiger partial charge >= 0.3 is 0 Å². The number of rotatable bonds is 6. The van der Waals surface area contributed by atoms with Crippen molar-refractivity contribution < 1.29 is 9.21 Å². The summed E-state index contributed by atoms with van der Waals surface area (Å²) in [6.07, 6.45) is 1.67. The second-order valence-corrected chi connectivity index (χ2v) is 6.93. The molecule has 1 aliphatic rings. The Labute approximate surface area is 161 Å². The highest BCUT2D eigenvalue weighted by Gasteiger charge is 2.20. The van der Waals surface area contributed by atoms with E-state index in [0.717, 1.165) is 31.6 Å². The lowest BCUT2D eigenvalue weighted by Crippen LogP contribution is -2.49. The molecule has 0 aliphatic carbocycles. The fourth-order valence-electron chi connectivity index (χ4n) is 3.48. The summed E-state index contributed by atoms with van der Waals surface area (Å²) in [5.74, 6) is 0.637. The molecule has 0 bridgehead atoms. The third-order valence-electron chi connectivity index (χ3n) is 4.93. The van der Waals surface area contributed by atoms with Gasteiger partial charge in [-0.2, -0.15) is 0 Å². The van der Waals surface area contributed by atoms with Gasteiger partial charge in [0.2, 0.25) is 11.5 Å². The average molecular weight is 381 g/mol. The minimum Gasteiger partial charge on any atom is -0.449 e. The molecule has 3 heterocycles. The highest BCUT2D eigenvalue weighted by molar-refractivity contribution is 6.01. The number of carbonyl (C=O) groups excluding carboxylic acids is 1. The molecule has 0 unspecified atom stereocenters. The van der Waals surface area contributed by atoms with E-state index < -0.39 is 0 Å². The number of furan rings is 1. The van der Waals surface area contributed by atoms with Crippen LogP contribution >= 0.6 is 0 Å². The molecule has 1 aliphatic heterocycles. The summed E-state index contributed by atoms with van der Waals surface area (Å²) in [4.78, 5) is 36.0. The number of aromatic nitrogens is 2. The number of aromatic amines is 1. The summed E-state index contributed by atoms with van der Waals surface area (Å²) in [5.41, 5.74) is 1.27. The van der Waals surface area contributed by atoms with E-state index in [1.807, 2.05) is 24.3 Å². The molecule has 146 valence electrons. The van der Waals surface area contributed by atoms with E-state index in [1.165, 1.54) is 0 Å². The maximum absolute atomic E-state index is 12.4. The van der Waals surface area contributed by atoms with E-state index in [9.17, 15) is 9.59 Å². The van der Waals surface area contributed by atoms with E-state index in [0.29, 0.717) is 36.6 Å². The number of para-hydroxylation sites is 1. The Kier molecular flexibility index (Phi) is 5.23. The Morgan fingerprint density at radius 3 is 2.79 bits per heavy atom. The van der Waals surface area contributed by atoms with Crippen molar-refractivity contribution in [1.29, 1.82) is 0 Å². The minimum absolute atomic E-state index is 0.0108. The summed E-state index contributed by atoms with van der Waals surface area (Å²) in [6, 6.07) is 7.52. The standard InChI is InChI=1S/C20H23N5O3/c1-2-7-21-17(26)13-25-10-8-24(9-11-25)12-16-22-18-14-5-3-4-6-15(14)28-19(18)20(27)23-16/h2-6H,1,7-13H2,(H,21,26)(H,22,23,27). The van der Waals surface area contributed by atoms with Crippen LogP contribution in [0.3, 0.4) is 0 Å². The summed E-state index contributed by atoms with van der Waals surface area (Å²) in [5, 5.41) is 3.64. The SMILES string of the molecule is C=CCNC(=O)CN1CCN(Cc2nc3c(oc4ccccc43)c(=O)[nH]2)CC1. The Morgan fingerprint density at radius 1 is 1.25 bits per heavy atom. The number of nitrogens with zero attached hydrogens (tertiary/aromatic N) is 3. The second-order valence-electron chi connectivity index (χ2n) is 6.93. The molecule has 28 heavy (non-hydrogen) atoms. The van der Waals surface area contributed by atoms with Gasteiger partial charge in [-0.1, -0.05) is 18.2 Å². The van der Waals surface area contributed by atoms with E-state index in [2.05, 4.69) is 31.7 Å². The normalized spacial score (nSPS) is 15.9. The number of benzene rings is 1. The van der Waals surface area contributed by atoms with Crippen LogP contribution in [-0.2, 0) is 11.3 Å². The second kappa shape index (κ2) is 7.95. The lowest BCUT2D eigenvalue weighted by atomic mass is 10.2. The summed E-state index contributed by atoms with van der Waals surface area (Å²) in [7, 11) is 0. The molecule has 0 atom stereocenters. The molecule has 4 rings (SSSR count). The van der Waals surface area contributed by atoms with Crippen LogP contribution in [0.1, 0.15) is 5.82 Å². The first-order chi connectivity index (χ1) is 13.6. The lowest BCUT2D eigenvalue weighted by molar-refractivity contribution is -0.122. The van der Waals surface area contributed by atoms with Gasteiger partial charge < -0.3 is 14.7 Å². The van der Waals surface area contributed by atoms with Crippen LogP contribution in [0.4, 0.5) is 0 Å². The largest absolute Gasteiger partial charge is 0.449 e. The first-order valence-corrected chi connectivity index (χ1v) is 9.37. The smallest absolute Gasteiger partial charge is 0.294 e. The maximum Gasteiger partial charge on any atom is 0.294 e. The highest BCUT2D eigenvalue weighted by Crippen LogP contribution is 2.24. The number of hydrogen-bond acceptors (Lipinski definition) is 6. The fourth-order valence-corrected chi connectivity index (χ4v) is 3.48. The fraction of sp³-hybridized carbons (Fsp3) is 0.350. The Hall–Kier alpha value is -2.97. The average Bonchev–Trinajstić information content (AvgIpc) is 3.07. The van der Waals surface area contributed by atoms with Crippen molar-refractivity contribution in [1.82, 2.24) is 25.1 Å². The zero-order valence-electron chi connectivity index (χ0n) is 15.6. The molecule has 8 heteroatoms. The van der Waals surface area contributed by atoms with Crippen LogP contribution in [0.2, 0.25) is 0 Å². The van der Waals surface area contributed by atoms with Gasteiger partial charge in [-0.15, -0.1) is 6.58 Å². The molecule has 1 amide bonds. The van der Waals surface area contributed by atoms with Crippen LogP contribution in [0.5, 0.6) is 0 Å². The van der Waals surface area contributed by atoms with Gasteiger partial charge in [-0.05, 0) is 12.1 Å². The summed E-state index contributed by atoms with van der Waals surface area (Å²) in [6.45, 7) is 8.24. The molecule has 2 aromatic heterocycles. The number of H-pyrrole nitrogens is 1. The Morgan fingerprint density at radius 2 is 2.00 bits per heavy atom. The van der Waals surface area contributed by atoms with E-state index in [1.54, 1.807) is 6.08 Å². The van der Waals surface area contributed by atoms with Crippen LogP contribution in [0.25, 0.3) is 22.1 Å². The van der Waals surface area contributed by atoms with Crippen molar-refractivity contribution in [3.63, 3.8) is 0 Å². The van der Waals surface area contributed by atoms with Gasteiger partial charge in [0.25, 0.3) is 5.56 Å². The van der Waals surface area contributed by atoms with Crippen LogP contribution < -0.4 is 10.9 Å². The monoisotopic (exact) mass is 381 g/mol. The van der Waals surface area contributed by atoms with Crippen molar-refractivity contribution >= 4 is 28.0 Å². The Balaban J connectivity index is 1.42. The molecule has 1 saturated heterocycles. The zero-order valence-corrected chi connectivity index (χ0v) is 15.6. The number of amides is 1. The molecule has 2 N–H and O–H groups in total. The summed E-state index contributed by atoms with van der Waals surface area (Å²) >= 11 is 0. The number of carbonyl (C=O) groups is 1. The van der Waals surface area contributed by atoms with Crippen LogP contribution in [0, 0.1) is 0 Å². The zero-order chi connectivity index (χ0) is 19.5. The summed E-state index contributed by atoms with van der Waals surface area (Å²) < 4.78 is 5.64. The van der Waals surface area contributed by atoms with Crippen molar-refractivity contribution in [2.24, 2.45) is 0 Å². The molecular formula is C20H23N5O3. The number of nitrogens with one attached hydrogen (secondary N) is 2. The van der Waals surface area contributed by atoms with Gasteiger partial charge in [0.05, 0.1) is 13.1 Å². The van der Waals surface area contributed by atoms with Gasteiger partial charge in [0.1, 0.15) is 16.9 Å². The molecule has 0 radical (unpaired) electrons. The predicted molar refractivity (Wildman–Crippen MR) is 107 cm³/mol. The molecular weight excluding hydrogens is 358 g/mol. The third kappa shape index (κ3) is 3.83. The topological polar surface area (TPSA) is 94.5 Å². The van der Waals surface area contributed by atoms with Gasteiger partial charge in [-0.25, -0.2) is 4.98 Å². The van der Waals surface area contributed by atoms with E-state index in [-0.39, 0.29) is 17.0 Å². The van der Waals surface area contributed by atoms with Crippen LogP contribution in [0.15, 0.2) is 46.1 Å². The molecule has 0 saturated carbocycles. The van der Waals surface area contributed by atoms with Crippen molar-refractivity contribution in [2.75, 3.05) is 39.3 Å². The van der Waals surface area contributed by atoms with Crippen molar-refractivity contribution in [3.05, 3.63) is 53.1 Å². The van der Waals surface area contributed by atoms with Gasteiger partial charge in [0, 0.05) is 38.1 Å². The van der Waals surface area contributed by atoms with Crippen molar-refractivity contribution in [2.45, 2.75) is 6.54 Å². The van der Waals surface area contributed by atoms with E-state index >= 15 is 0 Å².